The molecular formula is C19H21ClN6O4. The van der Waals surface area contributed by atoms with Crippen molar-refractivity contribution in [2.24, 2.45) is 7.05 Å². The van der Waals surface area contributed by atoms with Gasteiger partial charge in [0.05, 0.1) is 5.69 Å². The molecule has 0 spiro atoms. The maximum absolute atomic E-state index is 12.6. The van der Waals surface area contributed by atoms with Crippen LogP contribution >= 0.6 is 11.6 Å². The summed E-state index contributed by atoms with van der Waals surface area (Å²) in [6, 6.07) is 6.42. The van der Waals surface area contributed by atoms with Crippen molar-refractivity contribution in [1.82, 2.24) is 29.4 Å². The topological polar surface area (TPSA) is 116 Å². The number of aryl methyl sites for hydroxylation is 1. The minimum absolute atomic E-state index is 0.0231. The zero-order valence-electron chi connectivity index (χ0n) is 16.8. The third-order valence-electron chi connectivity index (χ3n) is 4.60. The first-order valence-electron chi connectivity index (χ1n) is 9.42. The minimum atomic E-state index is -0.656. The Hall–Kier alpha value is -3.27. The molecule has 0 saturated heterocycles. The summed E-state index contributed by atoms with van der Waals surface area (Å²) in [5, 5.41) is 8.44. The van der Waals surface area contributed by atoms with Crippen LogP contribution in [0.2, 0.25) is 5.02 Å². The van der Waals surface area contributed by atoms with Gasteiger partial charge in [0.25, 0.3) is 5.56 Å². The number of nitrogens with zero attached hydrogens (tertiary/aromatic N) is 6. The molecule has 0 saturated carbocycles. The average Bonchev–Trinajstić information content (AvgIpc) is 3.21. The number of amides is 1. The van der Waals surface area contributed by atoms with Crippen LogP contribution in [0.15, 0.2) is 38.4 Å². The summed E-state index contributed by atoms with van der Waals surface area (Å²) in [7, 11) is 1.34. The van der Waals surface area contributed by atoms with Crippen LogP contribution in [-0.4, -0.2) is 48.4 Å². The Morgan fingerprint density at radius 2 is 1.83 bits per heavy atom. The van der Waals surface area contributed by atoms with Crippen LogP contribution in [0, 0.1) is 0 Å². The first kappa shape index (κ1) is 21.4. The van der Waals surface area contributed by atoms with E-state index >= 15 is 0 Å². The first-order chi connectivity index (χ1) is 14.3. The highest BCUT2D eigenvalue weighted by molar-refractivity contribution is 6.30. The smallest absolute Gasteiger partial charge is 0.343 e. The van der Waals surface area contributed by atoms with Gasteiger partial charge in [-0.3, -0.25) is 14.2 Å². The Balaban J connectivity index is 1.91. The molecule has 0 bridgehead atoms. The Morgan fingerprint density at radius 3 is 2.47 bits per heavy atom. The fourth-order valence-corrected chi connectivity index (χ4v) is 2.99. The van der Waals surface area contributed by atoms with E-state index in [-0.39, 0.29) is 36.2 Å². The molecule has 2 heterocycles. The molecule has 0 atom stereocenters. The zero-order valence-corrected chi connectivity index (χ0v) is 17.6. The van der Waals surface area contributed by atoms with E-state index in [4.69, 9.17) is 16.1 Å². The van der Waals surface area contributed by atoms with Crippen LogP contribution in [0.5, 0.6) is 0 Å². The molecular weight excluding hydrogens is 412 g/mol. The fraction of sp³-hybridized carbons (Fsp3) is 0.368. The summed E-state index contributed by atoms with van der Waals surface area (Å²) in [4.78, 5) is 43.1. The number of hydrogen-bond acceptors (Lipinski definition) is 7. The molecule has 158 valence electrons. The number of halogens is 1. The highest BCUT2D eigenvalue weighted by Crippen LogP contribution is 2.13. The third kappa shape index (κ3) is 4.33. The van der Waals surface area contributed by atoms with E-state index in [9.17, 15) is 14.4 Å². The van der Waals surface area contributed by atoms with Crippen LogP contribution in [0.25, 0.3) is 17.2 Å². The average molecular weight is 433 g/mol. The molecule has 0 N–H and O–H groups in total. The Labute approximate surface area is 176 Å². The highest BCUT2D eigenvalue weighted by Gasteiger charge is 2.20. The van der Waals surface area contributed by atoms with Crippen LogP contribution in [0.1, 0.15) is 26.2 Å². The maximum Gasteiger partial charge on any atom is 0.351 e. The summed E-state index contributed by atoms with van der Waals surface area (Å²) in [6.07, 6.45) is 0.443. The van der Waals surface area contributed by atoms with Crippen molar-refractivity contribution >= 4 is 17.5 Å². The van der Waals surface area contributed by atoms with Gasteiger partial charge in [0, 0.05) is 38.0 Å². The second-order valence-electron chi connectivity index (χ2n) is 6.46. The van der Waals surface area contributed by atoms with Gasteiger partial charge in [-0.25, -0.2) is 4.79 Å². The third-order valence-corrected chi connectivity index (χ3v) is 4.85. The Kier molecular flexibility index (Phi) is 6.46. The Bertz CT molecular complexity index is 1160. The summed E-state index contributed by atoms with van der Waals surface area (Å²) < 4.78 is 7.15. The second-order valence-corrected chi connectivity index (χ2v) is 6.90. The molecule has 0 unspecified atom stereocenters. The van der Waals surface area contributed by atoms with Crippen molar-refractivity contribution in [2.75, 3.05) is 13.1 Å². The van der Waals surface area contributed by atoms with Gasteiger partial charge < -0.3 is 9.42 Å². The molecule has 1 aromatic carbocycles. The van der Waals surface area contributed by atoms with Gasteiger partial charge in [0.15, 0.2) is 5.69 Å². The molecule has 0 aliphatic rings. The van der Waals surface area contributed by atoms with Gasteiger partial charge in [0.2, 0.25) is 17.6 Å². The fourth-order valence-electron chi connectivity index (χ4n) is 2.87. The molecule has 3 rings (SSSR count). The SMILES string of the molecule is CCN(CC)C(=O)CCc1nc(-c2nn(-c3ccc(Cl)cc3)c(=O)n(C)c2=O)no1. The summed E-state index contributed by atoms with van der Waals surface area (Å²) in [5.74, 6) is 0.132. The van der Waals surface area contributed by atoms with Crippen molar-refractivity contribution in [3.05, 3.63) is 56.0 Å². The van der Waals surface area contributed by atoms with Crippen molar-refractivity contribution in [3.63, 3.8) is 0 Å². The molecule has 1 amide bonds. The van der Waals surface area contributed by atoms with E-state index in [1.54, 1.807) is 29.2 Å². The van der Waals surface area contributed by atoms with E-state index in [1.165, 1.54) is 7.05 Å². The lowest BCUT2D eigenvalue weighted by Crippen LogP contribution is -2.40. The van der Waals surface area contributed by atoms with Crippen LogP contribution in [0.3, 0.4) is 0 Å². The first-order valence-corrected chi connectivity index (χ1v) is 9.80. The van der Waals surface area contributed by atoms with Crippen LogP contribution < -0.4 is 11.2 Å². The van der Waals surface area contributed by atoms with E-state index in [0.717, 1.165) is 9.25 Å². The lowest BCUT2D eigenvalue weighted by atomic mass is 10.2. The van der Waals surface area contributed by atoms with Crippen LogP contribution in [0.4, 0.5) is 0 Å². The molecule has 0 aliphatic heterocycles. The number of rotatable bonds is 7. The van der Waals surface area contributed by atoms with Crippen molar-refractivity contribution < 1.29 is 9.32 Å². The second kappa shape index (κ2) is 9.04. The summed E-state index contributed by atoms with van der Waals surface area (Å²) in [5.41, 5.74) is -0.997. The maximum atomic E-state index is 12.6. The molecule has 30 heavy (non-hydrogen) atoms. The van der Waals surface area contributed by atoms with Crippen LogP contribution in [-0.2, 0) is 18.3 Å². The van der Waals surface area contributed by atoms with Gasteiger partial charge in [-0.2, -0.15) is 14.8 Å². The number of carbonyl (C=O) groups is 1. The molecule has 11 heteroatoms. The highest BCUT2D eigenvalue weighted by atomic mass is 35.5. The quantitative estimate of drug-likeness (QED) is 0.554. The van der Waals surface area contributed by atoms with Gasteiger partial charge in [-0.05, 0) is 38.1 Å². The number of carbonyl (C=O) groups excluding carboxylic acids is 1. The molecule has 2 aromatic heterocycles. The number of aromatic nitrogens is 5. The largest absolute Gasteiger partial charge is 0.351 e. The lowest BCUT2D eigenvalue weighted by Gasteiger charge is -2.17. The standard InChI is InChI=1S/C19H21ClN6O4/c1-4-25(5-2)15(27)11-10-14-21-17(23-30-14)16-18(28)24(3)19(29)26(22-16)13-8-6-12(20)7-9-13/h6-9H,4-5,10-11H2,1-3H3. The molecule has 0 radical (unpaired) electrons. The normalized spacial score (nSPS) is 10.9. The summed E-state index contributed by atoms with van der Waals surface area (Å²) >= 11 is 5.89. The van der Waals surface area contributed by atoms with E-state index < -0.39 is 11.2 Å². The van der Waals surface area contributed by atoms with Crippen molar-refractivity contribution in [1.29, 1.82) is 0 Å². The molecule has 0 fully saturated rings. The van der Waals surface area contributed by atoms with Crippen molar-refractivity contribution in [2.45, 2.75) is 26.7 Å². The van der Waals surface area contributed by atoms with E-state index in [0.29, 0.717) is 23.8 Å². The summed E-state index contributed by atoms with van der Waals surface area (Å²) in [6.45, 7) is 5.06. The monoisotopic (exact) mass is 432 g/mol. The number of benzene rings is 1. The molecule has 10 nitrogen and oxygen atoms in total. The van der Waals surface area contributed by atoms with Gasteiger partial charge in [0.1, 0.15) is 0 Å². The van der Waals surface area contributed by atoms with E-state index in [1.807, 2.05) is 13.8 Å². The predicted molar refractivity (Wildman–Crippen MR) is 110 cm³/mol. The van der Waals surface area contributed by atoms with E-state index in [2.05, 4.69) is 15.2 Å². The van der Waals surface area contributed by atoms with Gasteiger partial charge >= 0.3 is 5.69 Å². The van der Waals surface area contributed by atoms with Crippen molar-refractivity contribution in [3.8, 4) is 17.2 Å². The van der Waals surface area contributed by atoms with Gasteiger partial charge in [-0.1, -0.05) is 16.8 Å². The minimum Gasteiger partial charge on any atom is -0.343 e. The van der Waals surface area contributed by atoms with Gasteiger partial charge in [-0.15, -0.1) is 0 Å². The Morgan fingerprint density at radius 1 is 1.17 bits per heavy atom. The lowest BCUT2D eigenvalue weighted by molar-refractivity contribution is -0.130. The molecule has 0 aliphatic carbocycles. The molecule has 3 aromatic rings. The predicted octanol–water partition coefficient (Wildman–Crippen LogP) is 1.44. The number of hydrogen-bond donors (Lipinski definition) is 0. The zero-order chi connectivity index (χ0) is 21.8.